The van der Waals surface area contributed by atoms with Crippen molar-refractivity contribution in [2.45, 2.75) is 20.3 Å². The van der Waals surface area contributed by atoms with Crippen LogP contribution < -0.4 is 4.74 Å². The van der Waals surface area contributed by atoms with E-state index in [4.69, 9.17) is 4.74 Å². The van der Waals surface area contributed by atoms with E-state index in [1.54, 1.807) is 0 Å². The predicted molar refractivity (Wildman–Crippen MR) is 64.3 cm³/mol. The molecule has 15 heavy (non-hydrogen) atoms. The minimum absolute atomic E-state index is 0. The molecule has 2 heterocycles. The van der Waals surface area contributed by atoms with E-state index < -0.39 is 0 Å². The zero-order chi connectivity index (χ0) is 8.67. The maximum atomic E-state index is 5.50. The maximum Gasteiger partial charge on any atom is 0.123 e. The molecule has 0 N–H and O–H groups in total. The van der Waals surface area contributed by atoms with Crippen molar-refractivity contribution in [1.82, 2.24) is 0 Å². The van der Waals surface area contributed by atoms with Crippen LogP contribution in [0.1, 0.15) is 24.1 Å². The Balaban J connectivity index is 0.000000562. The Bertz CT molecular complexity index is 387. The molecule has 0 fully saturated rings. The molecule has 1 aromatic rings. The average molecular weight is 200 g/mol. The van der Waals surface area contributed by atoms with Crippen LogP contribution in [-0.2, 0) is 12.8 Å². The van der Waals surface area contributed by atoms with E-state index in [0.29, 0.717) is 0 Å². The highest BCUT2D eigenvalue weighted by Crippen LogP contribution is 2.30. The number of fused-ring (bicyclic) bond motifs is 3. The summed E-state index contributed by atoms with van der Waals surface area (Å²) in [5.74, 6) is 1.06. The summed E-state index contributed by atoms with van der Waals surface area (Å²) in [7, 11) is 0. The van der Waals surface area contributed by atoms with Gasteiger partial charge in [0.2, 0.25) is 0 Å². The van der Waals surface area contributed by atoms with Gasteiger partial charge in [-0.2, -0.15) is 0 Å². The third-order valence-electron chi connectivity index (χ3n) is 2.74. The van der Waals surface area contributed by atoms with E-state index in [0.717, 1.165) is 31.7 Å². The minimum Gasteiger partial charge on any atom is -0.493 e. The summed E-state index contributed by atoms with van der Waals surface area (Å²) in [5.41, 5.74) is 4.11. The fourth-order valence-corrected chi connectivity index (χ4v) is 2.07. The molecule has 0 atom stereocenters. The van der Waals surface area contributed by atoms with Crippen LogP contribution in [-0.4, -0.2) is 27.8 Å². The molecule has 2 aliphatic heterocycles. The summed E-state index contributed by atoms with van der Waals surface area (Å²) >= 11 is 0. The standard InChI is InChI=1S/C11H11NO.CH4.B/c1-2-11-9(4-6-13-11)10-7-12-5-3-8(1)10;;/h1-2,7H,3-6H2;1H4;. The Morgan fingerprint density at radius 3 is 2.93 bits per heavy atom. The first-order valence-corrected chi connectivity index (χ1v) is 4.72. The summed E-state index contributed by atoms with van der Waals surface area (Å²) < 4.78 is 5.50. The monoisotopic (exact) mass is 200 g/mol. The Morgan fingerprint density at radius 2 is 2.07 bits per heavy atom. The number of hydrogen-bond donors (Lipinski definition) is 0. The second-order valence-electron chi connectivity index (χ2n) is 3.50. The van der Waals surface area contributed by atoms with E-state index in [1.807, 2.05) is 6.21 Å². The van der Waals surface area contributed by atoms with Gasteiger partial charge >= 0.3 is 0 Å². The fraction of sp³-hybridized carbons (Fsp3) is 0.417. The van der Waals surface area contributed by atoms with E-state index >= 15 is 0 Å². The topological polar surface area (TPSA) is 21.6 Å². The summed E-state index contributed by atoms with van der Waals surface area (Å²) in [6.07, 6.45) is 4.13. The van der Waals surface area contributed by atoms with Gasteiger partial charge in [-0.05, 0) is 18.1 Å². The number of nitrogens with zero attached hydrogens (tertiary/aromatic N) is 1. The summed E-state index contributed by atoms with van der Waals surface area (Å²) in [6.45, 7) is 1.77. The molecule has 0 unspecified atom stereocenters. The predicted octanol–water partition coefficient (Wildman–Crippen LogP) is 1.85. The molecule has 0 amide bonds. The van der Waals surface area contributed by atoms with Crippen molar-refractivity contribution in [3.05, 3.63) is 28.8 Å². The van der Waals surface area contributed by atoms with Crippen LogP contribution >= 0.6 is 0 Å². The van der Waals surface area contributed by atoms with Crippen molar-refractivity contribution in [3.8, 4) is 5.75 Å². The van der Waals surface area contributed by atoms with Crippen LogP contribution in [0.5, 0.6) is 5.75 Å². The van der Waals surface area contributed by atoms with Gasteiger partial charge in [-0.25, -0.2) is 0 Å². The molecular weight excluding hydrogens is 185 g/mol. The lowest BCUT2D eigenvalue weighted by atomic mass is 9.96. The van der Waals surface area contributed by atoms with Crippen molar-refractivity contribution in [2.75, 3.05) is 13.2 Å². The van der Waals surface area contributed by atoms with E-state index in [1.165, 1.54) is 16.7 Å². The maximum absolute atomic E-state index is 5.50. The first-order valence-electron chi connectivity index (χ1n) is 4.72. The van der Waals surface area contributed by atoms with Crippen molar-refractivity contribution < 1.29 is 4.74 Å². The van der Waals surface area contributed by atoms with Crippen molar-refractivity contribution in [3.63, 3.8) is 0 Å². The minimum atomic E-state index is 0. The summed E-state index contributed by atoms with van der Waals surface area (Å²) in [5, 5.41) is 0. The number of aliphatic imine (C=N–C) groups is 1. The second-order valence-corrected chi connectivity index (χ2v) is 3.50. The van der Waals surface area contributed by atoms with Crippen LogP contribution in [0.2, 0.25) is 0 Å². The SMILES string of the molecule is C.C1=NCCc2ccc3c(c21)CCO3.[B]. The van der Waals surface area contributed by atoms with Gasteiger partial charge in [0.05, 0.1) is 6.61 Å². The molecule has 0 aromatic heterocycles. The van der Waals surface area contributed by atoms with Gasteiger partial charge in [0.15, 0.2) is 0 Å². The molecule has 77 valence electrons. The highest BCUT2D eigenvalue weighted by molar-refractivity contribution is 5.86. The van der Waals surface area contributed by atoms with Gasteiger partial charge < -0.3 is 4.74 Å². The van der Waals surface area contributed by atoms with Gasteiger partial charge in [0, 0.05) is 38.7 Å². The second kappa shape index (κ2) is 4.52. The lowest BCUT2D eigenvalue weighted by molar-refractivity contribution is 0.357. The van der Waals surface area contributed by atoms with Crippen molar-refractivity contribution in [2.24, 2.45) is 4.99 Å². The van der Waals surface area contributed by atoms with Gasteiger partial charge in [0.1, 0.15) is 5.75 Å². The molecular formula is C12H15BNO. The highest BCUT2D eigenvalue weighted by Gasteiger charge is 2.18. The van der Waals surface area contributed by atoms with Gasteiger partial charge in [0.25, 0.3) is 0 Å². The molecule has 0 aliphatic carbocycles. The molecule has 3 radical (unpaired) electrons. The molecule has 0 bridgehead atoms. The third-order valence-corrected chi connectivity index (χ3v) is 2.74. The molecule has 2 aliphatic rings. The first kappa shape index (κ1) is 11.8. The Kier molecular flexibility index (Phi) is 3.56. The van der Waals surface area contributed by atoms with E-state index in [-0.39, 0.29) is 15.8 Å². The largest absolute Gasteiger partial charge is 0.493 e. The smallest absolute Gasteiger partial charge is 0.123 e. The first-order chi connectivity index (χ1) is 6.45. The van der Waals surface area contributed by atoms with Gasteiger partial charge in [-0.15, -0.1) is 0 Å². The Labute approximate surface area is 92.9 Å². The van der Waals surface area contributed by atoms with Crippen molar-refractivity contribution in [1.29, 1.82) is 0 Å². The zero-order valence-corrected chi connectivity index (χ0v) is 7.99. The lowest BCUT2D eigenvalue weighted by Crippen LogP contribution is -2.05. The molecule has 2 nitrogen and oxygen atoms in total. The van der Waals surface area contributed by atoms with Crippen LogP contribution in [0.3, 0.4) is 0 Å². The highest BCUT2D eigenvalue weighted by atomic mass is 16.5. The lowest BCUT2D eigenvalue weighted by Gasteiger charge is -2.12. The van der Waals surface area contributed by atoms with Crippen LogP contribution in [0.4, 0.5) is 0 Å². The molecule has 3 heteroatoms. The fourth-order valence-electron chi connectivity index (χ4n) is 2.07. The van der Waals surface area contributed by atoms with Gasteiger partial charge in [-0.1, -0.05) is 13.5 Å². The van der Waals surface area contributed by atoms with Crippen LogP contribution in [0.25, 0.3) is 0 Å². The number of hydrogen-bond acceptors (Lipinski definition) is 2. The van der Waals surface area contributed by atoms with Crippen LogP contribution in [0.15, 0.2) is 17.1 Å². The summed E-state index contributed by atoms with van der Waals surface area (Å²) in [6, 6.07) is 4.27. The van der Waals surface area contributed by atoms with Gasteiger partial charge in [-0.3, -0.25) is 4.99 Å². The third kappa shape index (κ3) is 1.78. The van der Waals surface area contributed by atoms with E-state index in [9.17, 15) is 0 Å². The number of ether oxygens (including phenoxy) is 1. The zero-order valence-electron chi connectivity index (χ0n) is 7.99. The normalized spacial score (nSPS) is 15.5. The summed E-state index contributed by atoms with van der Waals surface area (Å²) in [4.78, 5) is 4.32. The quantitative estimate of drug-likeness (QED) is 0.585. The molecule has 3 rings (SSSR count). The Hall–Kier alpha value is -1.25. The van der Waals surface area contributed by atoms with Crippen molar-refractivity contribution >= 4 is 14.6 Å². The number of benzene rings is 1. The van der Waals surface area contributed by atoms with Crippen LogP contribution in [0, 0.1) is 0 Å². The Morgan fingerprint density at radius 1 is 1.20 bits per heavy atom. The molecule has 0 spiro atoms. The average Bonchev–Trinajstić information content (AvgIpc) is 2.65. The number of rotatable bonds is 0. The van der Waals surface area contributed by atoms with E-state index in [2.05, 4.69) is 17.1 Å². The molecule has 1 aromatic carbocycles. The molecule has 0 saturated carbocycles. The molecule has 0 saturated heterocycles.